The molecule has 0 bridgehead atoms. The van der Waals surface area contributed by atoms with E-state index in [4.69, 9.17) is 10.00 Å². The first kappa shape index (κ1) is 10.8. The van der Waals surface area contributed by atoms with Crippen molar-refractivity contribution in [1.29, 1.82) is 5.26 Å². The third kappa shape index (κ3) is 1.96. The number of nitrogens with zero attached hydrogens (tertiary/aromatic N) is 2. The van der Waals surface area contributed by atoms with Crippen molar-refractivity contribution in [2.45, 2.75) is 6.92 Å². The van der Waals surface area contributed by atoms with E-state index in [1.165, 1.54) is 12.1 Å². The number of phenols is 1. The molecule has 78 valence electrons. The lowest BCUT2D eigenvalue weighted by Crippen LogP contribution is -2.00. The molecule has 0 aliphatic carbocycles. The quantitative estimate of drug-likeness (QED) is 0.600. The van der Waals surface area contributed by atoms with E-state index >= 15 is 0 Å². The first-order chi connectivity index (χ1) is 7.11. The van der Waals surface area contributed by atoms with Crippen molar-refractivity contribution >= 4 is 5.69 Å². The largest absolute Gasteiger partial charge is 0.504 e. The molecule has 6 heteroatoms. The first-order valence-electron chi connectivity index (χ1n) is 4.15. The molecule has 1 aromatic rings. The Hall–Kier alpha value is -2.29. The number of aromatic hydroxyl groups is 1. The molecule has 0 fully saturated rings. The van der Waals surface area contributed by atoms with Crippen molar-refractivity contribution in [3.05, 3.63) is 27.8 Å². The molecule has 0 spiro atoms. The predicted molar refractivity (Wildman–Crippen MR) is 50.6 cm³/mol. The Bertz CT molecular complexity index is 436. The molecule has 1 aromatic carbocycles. The summed E-state index contributed by atoms with van der Waals surface area (Å²) in [4.78, 5) is 9.95. The van der Waals surface area contributed by atoms with E-state index in [2.05, 4.69) is 0 Å². The van der Waals surface area contributed by atoms with E-state index in [1.54, 1.807) is 13.0 Å². The maximum Gasteiger partial charge on any atom is 0.332 e. The summed E-state index contributed by atoms with van der Waals surface area (Å²) in [6, 6.07) is 4.04. The van der Waals surface area contributed by atoms with Crippen LogP contribution in [0.1, 0.15) is 12.5 Å². The monoisotopic (exact) mass is 208 g/mol. The van der Waals surface area contributed by atoms with E-state index in [0.717, 1.165) is 0 Å². The third-order valence-corrected chi connectivity index (χ3v) is 1.70. The summed E-state index contributed by atoms with van der Waals surface area (Å²) in [6.45, 7) is 1.80. The lowest BCUT2D eigenvalue weighted by Gasteiger charge is -2.06. The Kier molecular flexibility index (Phi) is 3.08. The Morgan fingerprint density at radius 3 is 2.80 bits per heavy atom. The first-order valence-corrected chi connectivity index (χ1v) is 4.15. The molecular formula is C9H8N2O4. The average Bonchev–Trinajstić information content (AvgIpc) is 2.20. The highest BCUT2D eigenvalue weighted by atomic mass is 16.6. The average molecular weight is 208 g/mol. The summed E-state index contributed by atoms with van der Waals surface area (Å²) in [6.07, 6.45) is 0. The number of nitro groups is 1. The van der Waals surface area contributed by atoms with Gasteiger partial charge in [-0.25, -0.2) is 0 Å². The van der Waals surface area contributed by atoms with Crippen LogP contribution in [0.15, 0.2) is 12.1 Å². The SMILES string of the molecule is CCOc1c(O)ccc(C#N)c1[N+](=O)[O-]. The van der Waals surface area contributed by atoms with E-state index < -0.39 is 10.6 Å². The summed E-state index contributed by atoms with van der Waals surface area (Å²) in [5.41, 5.74) is -0.638. The number of benzene rings is 1. The van der Waals surface area contributed by atoms with Gasteiger partial charge in [0, 0.05) is 0 Å². The molecule has 0 aliphatic rings. The molecule has 0 radical (unpaired) electrons. The number of rotatable bonds is 3. The Balaban J connectivity index is 3.45. The molecule has 15 heavy (non-hydrogen) atoms. The van der Waals surface area contributed by atoms with Gasteiger partial charge in [-0.3, -0.25) is 10.1 Å². The normalized spacial score (nSPS) is 9.33. The Labute approximate surface area is 85.5 Å². The predicted octanol–water partition coefficient (Wildman–Crippen LogP) is 1.57. The van der Waals surface area contributed by atoms with Crippen LogP contribution in [0.25, 0.3) is 0 Å². The van der Waals surface area contributed by atoms with Crippen LogP contribution >= 0.6 is 0 Å². The van der Waals surface area contributed by atoms with Crippen LogP contribution in [-0.4, -0.2) is 16.6 Å². The summed E-state index contributed by atoms with van der Waals surface area (Å²) in [7, 11) is 0. The van der Waals surface area contributed by atoms with E-state index in [0.29, 0.717) is 0 Å². The molecule has 6 nitrogen and oxygen atoms in total. The minimum atomic E-state index is -0.747. The fourth-order valence-electron chi connectivity index (χ4n) is 1.12. The van der Waals surface area contributed by atoms with Gasteiger partial charge in [-0.05, 0) is 19.1 Å². The second kappa shape index (κ2) is 4.28. The molecular weight excluding hydrogens is 200 g/mol. The van der Waals surface area contributed by atoms with Gasteiger partial charge in [0.25, 0.3) is 0 Å². The van der Waals surface area contributed by atoms with Gasteiger partial charge in [0.1, 0.15) is 11.6 Å². The summed E-state index contributed by atoms with van der Waals surface area (Å²) in [5.74, 6) is -0.607. The lowest BCUT2D eigenvalue weighted by atomic mass is 10.1. The van der Waals surface area contributed by atoms with Gasteiger partial charge in [-0.2, -0.15) is 5.26 Å². The van der Waals surface area contributed by atoms with Gasteiger partial charge in [-0.1, -0.05) is 0 Å². The van der Waals surface area contributed by atoms with Crippen LogP contribution in [0.2, 0.25) is 0 Å². The maximum absolute atomic E-state index is 10.7. The van der Waals surface area contributed by atoms with Crippen LogP contribution in [0.4, 0.5) is 5.69 Å². The summed E-state index contributed by atoms with van der Waals surface area (Å²) >= 11 is 0. The molecule has 0 amide bonds. The lowest BCUT2D eigenvalue weighted by molar-refractivity contribution is -0.386. The molecule has 0 unspecified atom stereocenters. The minimum Gasteiger partial charge on any atom is -0.504 e. The Morgan fingerprint density at radius 2 is 2.33 bits per heavy atom. The summed E-state index contributed by atoms with van der Waals surface area (Å²) in [5, 5.41) is 28.7. The highest BCUT2D eigenvalue weighted by Gasteiger charge is 2.24. The molecule has 0 saturated heterocycles. The topological polar surface area (TPSA) is 96.4 Å². The number of hydrogen-bond acceptors (Lipinski definition) is 5. The zero-order valence-corrected chi connectivity index (χ0v) is 7.93. The summed E-state index contributed by atoms with van der Waals surface area (Å²) < 4.78 is 4.93. The zero-order chi connectivity index (χ0) is 11.4. The van der Waals surface area contributed by atoms with Crippen LogP contribution < -0.4 is 4.74 Å². The van der Waals surface area contributed by atoms with Crippen LogP contribution in [0.5, 0.6) is 11.5 Å². The van der Waals surface area contributed by atoms with Gasteiger partial charge in [0.05, 0.1) is 11.5 Å². The number of nitriles is 1. The van der Waals surface area contributed by atoms with Crippen LogP contribution in [0.3, 0.4) is 0 Å². The second-order valence-corrected chi connectivity index (χ2v) is 2.61. The molecule has 0 aliphatic heterocycles. The number of ether oxygens (including phenoxy) is 1. The maximum atomic E-state index is 10.7. The number of nitro benzene ring substituents is 1. The molecule has 0 saturated carbocycles. The van der Waals surface area contributed by atoms with Crippen molar-refractivity contribution in [2.75, 3.05) is 6.61 Å². The fourth-order valence-corrected chi connectivity index (χ4v) is 1.12. The molecule has 1 N–H and O–H groups in total. The van der Waals surface area contributed by atoms with Crippen molar-refractivity contribution in [3.63, 3.8) is 0 Å². The Morgan fingerprint density at radius 1 is 1.67 bits per heavy atom. The standard InChI is InChI=1S/C9H8N2O4/c1-2-15-9-7(12)4-3-6(5-10)8(9)11(13)14/h3-4,12H,2H2,1H3. The molecule has 0 aromatic heterocycles. The van der Waals surface area contributed by atoms with Crippen LogP contribution in [-0.2, 0) is 0 Å². The highest BCUT2D eigenvalue weighted by molar-refractivity contribution is 5.63. The van der Waals surface area contributed by atoms with Gasteiger partial charge in [-0.15, -0.1) is 0 Å². The fraction of sp³-hybridized carbons (Fsp3) is 0.222. The van der Waals surface area contributed by atoms with Crippen LogP contribution in [0, 0.1) is 21.4 Å². The van der Waals surface area contributed by atoms with E-state index in [9.17, 15) is 15.2 Å². The van der Waals surface area contributed by atoms with Gasteiger partial charge < -0.3 is 9.84 Å². The highest BCUT2D eigenvalue weighted by Crippen LogP contribution is 2.38. The second-order valence-electron chi connectivity index (χ2n) is 2.61. The van der Waals surface area contributed by atoms with E-state index in [-0.39, 0.29) is 23.7 Å². The van der Waals surface area contributed by atoms with Gasteiger partial charge in [0.15, 0.2) is 5.75 Å². The zero-order valence-electron chi connectivity index (χ0n) is 7.93. The minimum absolute atomic E-state index is 0.138. The molecule has 0 heterocycles. The van der Waals surface area contributed by atoms with Crippen molar-refractivity contribution in [1.82, 2.24) is 0 Å². The number of hydrogen-bond donors (Lipinski definition) is 1. The van der Waals surface area contributed by atoms with E-state index in [1.807, 2.05) is 0 Å². The van der Waals surface area contributed by atoms with Crippen molar-refractivity contribution in [2.24, 2.45) is 0 Å². The van der Waals surface area contributed by atoms with Crippen molar-refractivity contribution < 1.29 is 14.8 Å². The van der Waals surface area contributed by atoms with Gasteiger partial charge >= 0.3 is 5.69 Å². The van der Waals surface area contributed by atoms with Gasteiger partial charge in [0.2, 0.25) is 5.75 Å². The number of phenolic OH excluding ortho intramolecular Hbond substituents is 1. The third-order valence-electron chi connectivity index (χ3n) is 1.70. The molecule has 0 atom stereocenters. The molecule has 1 rings (SSSR count). The smallest absolute Gasteiger partial charge is 0.332 e. The van der Waals surface area contributed by atoms with Crippen molar-refractivity contribution in [3.8, 4) is 17.6 Å².